The van der Waals surface area contributed by atoms with E-state index in [0.717, 1.165) is 54.1 Å². The van der Waals surface area contributed by atoms with Crippen LogP contribution in [0.2, 0.25) is 0 Å². The minimum absolute atomic E-state index is 0.0975. The van der Waals surface area contributed by atoms with Gasteiger partial charge in [0.05, 0.1) is 12.2 Å². The SMILES string of the molecule is CCNC(=NCc1cn2cc(Br)ccc2n1)NCC(CC)(CC)CCO. The monoisotopic (exact) mass is 423 g/mol. The van der Waals surface area contributed by atoms with E-state index in [9.17, 15) is 5.11 Å². The highest BCUT2D eigenvalue weighted by Crippen LogP contribution is 2.29. The summed E-state index contributed by atoms with van der Waals surface area (Å²) in [6.45, 7) is 8.74. The molecule has 0 aliphatic heterocycles. The lowest BCUT2D eigenvalue weighted by molar-refractivity contribution is 0.169. The molecule has 2 aromatic heterocycles. The Labute approximate surface area is 164 Å². The Balaban J connectivity index is 2.07. The molecule has 0 unspecified atom stereocenters. The molecule has 3 N–H and O–H groups in total. The van der Waals surface area contributed by atoms with Crippen molar-refractivity contribution in [2.24, 2.45) is 10.4 Å². The molecule has 0 aromatic carbocycles. The van der Waals surface area contributed by atoms with Crippen LogP contribution >= 0.6 is 15.9 Å². The second kappa shape index (κ2) is 9.92. The molecule has 6 nitrogen and oxygen atoms in total. The van der Waals surface area contributed by atoms with Gasteiger partial charge < -0.3 is 20.1 Å². The van der Waals surface area contributed by atoms with Crippen molar-refractivity contribution in [3.05, 3.63) is 34.7 Å². The van der Waals surface area contributed by atoms with Crippen LogP contribution in [0.3, 0.4) is 0 Å². The molecule has 0 atom stereocenters. The van der Waals surface area contributed by atoms with Gasteiger partial charge in [0.25, 0.3) is 0 Å². The summed E-state index contributed by atoms with van der Waals surface area (Å²) >= 11 is 3.48. The number of nitrogens with one attached hydrogen (secondary N) is 2. The lowest BCUT2D eigenvalue weighted by atomic mass is 9.79. The van der Waals surface area contributed by atoms with E-state index in [-0.39, 0.29) is 12.0 Å². The quantitative estimate of drug-likeness (QED) is 0.427. The summed E-state index contributed by atoms with van der Waals surface area (Å²) in [7, 11) is 0. The highest BCUT2D eigenvalue weighted by atomic mass is 79.9. The number of halogens is 1. The van der Waals surface area contributed by atoms with E-state index in [1.165, 1.54) is 0 Å². The van der Waals surface area contributed by atoms with E-state index in [1.54, 1.807) is 0 Å². The normalized spacial score (nSPS) is 12.6. The fourth-order valence-electron chi connectivity index (χ4n) is 3.05. The number of aromatic nitrogens is 2. The van der Waals surface area contributed by atoms with Gasteiger partial charge in [-0.1, -0.05) is 13.8 Å². The standard InChI is InChI=1S/C19H30BrN5O/c1-4-19(5-2,9-10-26)14-23-18(21-6-3)22-11-16-13-25-12-15(20)7-8-17(25)24-16/h7-8,12-13,26H,4-6,9-11,14H2,1-3H3,(H2,21,22,23). The van der Waals surface area contributed by atoms with E-state index >= 15 is 0 Å². The minimum atomic E-state index is 0.0975. The van der Waals surface area contributed by atoms with Crippen LogP contribution in [-0.2, 0) is 6.54 Å². The van der Waals surface area contributed by atoms with Crippen LogP contribution < -0.4 is 10.6 Å². The molecule has 7 heteroatoms. The van der Waals surface area contributed by atoms with Gasteiger partial charge in [0.1, 0.15) is 5.65 Å². The van der Waals surface area contributed by atoms with Gasteiger partial charge in [-0.25, -0.2) is 9.98 Å². The van der Waals surface area contributed by atoms with Gasteiger partial charge in [0.15, 0.2) is 5.96 Å². The molecule has 2 aromatic rings. The van der Waals surface area contributed by atoms with Crippen molar-refractivity contribution in [1.82, 2.24) is 20.0 Å². The number of hydrogen-bond acceptors (Lipinski definition) is 3. The number of guanidine groups is 1. The molecule has 2 rings (SSSR count). The molecular weight excluding hydrogens is 394 g/mol. The summed E-state index contributed by atoms with van der Waals surface area (Å²) in [5, 5.41) is 16.1. The minimum Gasteiger partial charge on any atom is -0.396 e. The van der Waals surface area contributed by atoms with E-state index in [1.807, 2.05) is 28.9 Å². The molecule has 0 aliphatic carbocycles. The molecule has 0 bridgehead atoms. The molecular formula is C19H30BrN5O. The van der Waals surface area contributed by atoms with E-state index in [0.29, 0.717) is 6.54 Å². The van der Waals surface area contributed by atoms with E-state index in [4.69, 9.17) is 0 Å². The Morgan fingerprint density at radius 2 is 2.00 bits per heavy atom. The van der Waals surface area contributed by atoms with Gasteiger partial charge in [-0.2, -0.15) is 0 Å². The second-order valence-corrected chi connectivity index (χ2v) is 7.49. The maximum absolute atomic E-state index is 9.39. The summed E-state index contributed by atoms with van der Waals surface area (Å²) < 4.78 is 3.02. The molecule has 0 amide bonds. The molecule has 0 aliphatic rings. The zero-order valence-electron chi connectivity index (χ0n) is 15.9. The summed E-state index contributed by atoms with van der Waals surface area (Å²) in [5.74, 6) is 0.787. The predicted octanol–water partition coefficient (Wildman–Crippen LogP) is 3.34. The van der Waals surface area contributed by atoms with Gasteiger partial charge in [0, 0.05) is 36.6 Å². The summed E-state index contributed by atoms with van der Waals surface area (Å²) in [6.07, 6.45) is 6.84. The first-order valence-electron chi connectivity index (χ1n) is 9.32. The lowest BCUT2D eigenvalue weighted by Crippen LogP contribution is -2.43. The number of aliphatic imine (C=N–C) groups is 1. The third kappa shape index (κ3) is 5.45. The van der Waals surface area contributed by atoms with Crippen LogP contribution in [0.1, 0.15) is 45.7 Å². The van der Waals surface area contributed by atoms with Crippen LogP contribution in [0, 0.1) is 5.41 Å². The summed E-state index contributed by atoms with van der Waals surface area (Å²) in [6, 6.07) is 3.96. The maximum Gasteiger partial charge on any atom is 0.191 e. The average molecular weight is 424 g/mol. The Kier molecular flexibility index (Phi) is 7.90. The Morgan fingerprint density at radius 1 is 1.23 bits per heavy atom. The summed E-state index contributed by atoms with van der Waals surface area (Å²) in [5.41, 5.74) is 1.93. The fraction of sp³-hybridized carbons (Fsp3) is 0.579. The largest absolute Gasteiger partial charge is 0.396 e. The van der Waals surface area contributed by atoms with Gasteiger partial charge in [0.2, 0.25) is 0 Å². The highest BCUT2D eigenvalue weighted by molar-refractivity contribution is 9.10. The second-order valence-electron chi connectivity index (χ2n) is 6.57. The van der Waals surface area contributed by atoms with Crippen LogP contribution in [0.15, 0.2) is 34.0 Å². The highest BCUT2D eigenvalue weighted by Gasteiger charge is 2.25. The van der Waals surface area contributed by atoms with Crippen LogP contribution in [0.5, 0.6) is 0 Å². The molecule has 2 heterocycles. The topological polar surface area (TPSA) is 74.0 Å². The first-order valence-corrected chi connectivity index (χ1v) is 10.1. The number of aliphatic hydroxyl groups is 1. The first-order chi connectivity index (χ1) is 12.6. The predicted molar refractivity (Wildman–Crippen MR) is 110 cm³/mol. The van der Waals surface area contributed by atoms with E-state index in [2.05, 4.69) is 57.3 Å². The zero-order chi connectivity index (χ0) is 19.0. The zero-order valence-corrected chi connectivity index (χ0v) is 17.5. The smallest absolute Gasteiger partial charge is 0.191 e. The first kappa shape index (κ1) is 20.7. The van der Waals surface area contributed by atoms with Crippen molar-refractivity contribution < 1.29 is 5.11 Å². The van der Waals surface area contributed by atoms with Gasteiger partial charge >= 0.3 is 0 Å². The van der Waals surface area contributed by atoms with Crippen molar-refractivity contribution in [3.63, 3.8) is 0 Å². The number of imidazole rings is 1. The van der Waals surface area contributed by atoms with Crippen LogP contribution in [0.4, 0.5) is 0 Å². The van der Waals surface area contributed by atoms with Gasteiger partial charge in [-0.3, -0.25) is 0 Å². The van der Waals surface area contributed by atoms with Crippen LogP contribution in [0.25, 0.3) is 5.65 Å². The molecule has 0 spiro atoms. The molecule has 0 radical (unpaired) electrons. The van der Waals surface area contributed by atoms with Crippen molar-refractivity contribution in [2.75, 3.05) is 19.7 Å². The Bertz CT molecular complexity index is 724. The molecule has 0 saturated carbocycles. The number of fused-ring (bicyclic) bond motifs is 1. The van der Waals surface area contributed by atoms with Crippen molar-refractivity contribution in [2.45, 2.75) is 46.6 Å². The number of hydrogen-bond donors (Lipinski definition) is 3. The van der Waals surface area contributed by atoms with Crippen molar-refractivity contribution in [3.8, 4) is 0 Å². The summed E-state index contributed by atoms with van der Waals surface area (Å²) in [4.78, 5) is 9.28. The van der Waals surface area contributed by atoms with Crippen LogP contribution in [-0.4, -0.2) is 40.1 Å². The third-order valence-electron chi connectivity index (χ3n) is 4.98. The molecule has 144 valence electrons. The fourth-order valence-corrected chi connectivity index (χ4v) is 3.40. The van der Waals surface area contributed by atoms with Crippen molar-refractivity contribution >= 4 is 27.5 Å². The molecule has 0 saturated heterocycles. The van der Waals surface area contributed by atoms with Gasteiger partial charge in [-0.05, 0) is 59.7 Å². The third-order valence-corrected chi connectivity index (χ3v) is 5.45. The maximum atomic E-state index is 9.39. The molecule has 26 heavy (non-hydrogen) atoms. The Hall–Kier alpha value is -1.60. The van der Waals surface area contributed by atoms with Gasteiger partial charge in [-0.15, -0.1) is 0 Å². The van der Waals surface area contributed by atoms with Crippen molar-refractivity contribution in [1.29, 1.82) is 0 Å². The average Bonchev–Trinajstić information content (AvgIpc) is 3.05. The number of rotatable bonds is 9. The molecule has 0 fully saturated rings. The number of nitrogens with zero attached hydrogens (tertiary/aromatic N) is 3. The number of aliphatic hydroxyl groups excluding tert-OH is 1. The Morgan fingerprint density at radius 3 is 2.65 bits per heavy atom. The van der Waals surface area contributed by atoms with E-state index < -0.39 is 0 Å². The lowest BCUT2D eigenvalue weighted by Gasteiger charge is -2.32. The number of pyridine rings is 1.